The lowest BCUT2D eigenvalue weighted by atomic mass is 9.97. The van der Waals surface area contributed by atoms with Crippen LogP contribution in [-0.4, -0.2) is 21.5 Å². The number of anilines is 1. The van der Waals surface area contributed by atoms with Gasteiger partial charge < -0.3 is 10.3 Å². The summed E-state index contributed by atoms with van der Waals surface area (Å²) in [6, 6.07) is 7.36. The van der Waals surface area contributed by atoms with Crippen LogP contribution in [0.5, 0.6) is 0 Å². The lowest BCUT2D eigenvalue weighted by molar-refractivity contribution is -0.137. The van der Waals surface area contributed by atoms with Crippen LogP contribution in [0.25, 0.3) is 22.6 Å². The largest absolute Gasteiger partial charge is 0.416 e. The maximum atomic E-state index is 13.2. The van der Waals surface area contributed by atoms with E-state index >= 15 is 0 Å². The summed E-state index contributed by atoms with van der Waals surface area (Å²) in [4.78, 5) is 11.7. The van der Waals surface area contributed by atoms with Crippen molar-refractivity contribution < 1.29 is 13.2 Å². The van der Waals surface area contributed by atoms with Gasteiger partial charge in [-0.05, 0) is 36.6 Å². The predicted molar refractivity (Wildman–Crippen MR) is 98.5 cm³/mol. The molecule has 0 saturated carbocycles. The smallest absolute Gasteiger partial charge is 0.369 e. The Morgan fingerprint density at radius 1 is 1.21 bits per heavy atom. The quantitative estimate of drug-likeness (QED) is 0.695. The highest BCUT2D eigenvalue weighted by molar-refractivity contribution is 5.78. The highest BCUT2D eigenvalue weighted by atomic mass is 19.4. The average Bonchev–Trinajstić information content (AvgIpc) is 3.33. The molecule has 0 spiro atoms. The Balaban J connectivity index is 1.89. The molecule has 28 heavy (non-hydrogen) atoms. The molecule has 2 N–H and O–H groups in total. The predicted octanol–water partition coefficient (Wildman–Crippen LogP) is 4.56. The van der Waals surface area contributed by atoms with E-state index < -0.39 is 11.7 Å². The van der Waals surface area contributed by atoms with Gasteiger partial charge >= 0.3 is 6.18 Å². The number of fused-ring (bicyclic) bond motifs is 1. The summed E-state index contributed by atoms with van der Waals surface area (Å²) in [6.45, 7) is 2.61. The molecule has 8 heteroatoms. The van der Waals surface area contributed by atoms with Crippen molar-refractivity contribution in [2.75, 3.05) is 11.9 Å². The molecule has 3 heterocycles. The van der Waals surface area contributed by atoms with Gasteiger partial charge in [-0.25, -0.2) is 9.97 Å². The van der Waals surface area contributed by atoms with Gasteiger partial charge in [0, 0.05) is 17.7 Å². The first-order valence-electron chi connectivity index (χ1n) is 8.84. The molecule has 0 radical (unpaired) electrons. The third-order valence-corrected chi connectivity index (χ3v) is 4.89. The number of H-pyrrole nitrogens is 1. The Hall–Kier alpha value is -3.34. The molecule has 1 aromatic carbocycles. The summed E-state index contributed by atoms with van der Waals surface area (Å²) < 4.78 is 39.7. The Morgan fingerprint density at radius 2 is 2.04 bits per heavy atom. The van der Waals surface area contributed by atoms with Crippen molar-refractivity contribution in [2.45, 2.75) is 25.9 Å². The molecule has 4 rings (SSSR count). The van der Waals surface area contributed by atoms with Crippen molar-refractivity contribution >= 4 is 5.82 Å². The molecule has 0 aliphatic carbocycles. The van der Waals surface area contributed by atoms with E-state index in [-0.39, 0.29) is 5.56 Å². The van der Waals surface area contributed by atoms with Crippen molar-refractivity contribution in [3.63, 3.8) is 0 Å². The zero-order valence-electron chi connectivity index (χ0n) is 15.0. The zero-order chi connectivity index (χ0) is 19.9. The first-order chi connectivity index (χ1) is 13.4. The van der Waals surface area contributed by atoms with E-state index in [4.69, 9.17) is 0 Å². The Kier molecular flexibility index (Phi) is 4.30. The van der Waals surface area contributed by atoms with E-state index in [0.29, 0.717) is 29.1 Å². The van der Waals surface area contributed by atoms with Gasteiger partial charge in [0.15, 0.2) is 0 Å². The van der Waals surface area contributed by atoms with Gasteiger partial charge in [-0.15, -0.1) is 0 Å². The molecular formula is C20H16F3N5. The van der Waals surface area contributed by atoms with E-state index in [1.165, 1.54) is 12.4 Å². The van der Waals surface area contributed by atoms with Gasteiger partial charge in [0.25, 0.3) is 0 Å². The molecule has 0 amide bonds. The molecule has 0 fully saturated rings. The van der Waals surface area contributed by atoms with Crippen LogP contribution in [-0.2, 0) is 19.0 Å². The number of hydrogen-bond acceptors (Lipinski definition) is 4. The molecule has 5 nitrogen and oxygen atoms in total. The minimum absolute atomic E-state index is 0.280. The minimum atomic E-state index is -4.46. The molecule has 0 bridgehead atoms. The van der Waals surface area contributed by atoms with Gasteiger partial charge in [-0.3, -0.25) is 0 Å². The van der Waals surface area contributed by atoms with E-state index in [2.05, 4.69) is 26.3 Å². The van der Waals surface area contributed by atoms with Crippen LogP contribution in [0.1, 0.15) is 29.2 Å². The van der Waals surface area contributed by atoms with Crippen molar-refractivity contribution in [3.8, 4) is 28.7 Å². The second-order valence-electron chi connectivity index (χ2n) is 6.53. The number of rotatable bonds is 3. The van der Waals surface area contributed by atoms with Crippen molar-refractivity contribution in [1.29, 1.82) is 5.26 Å². The first-order valence-corrected chi connectivity index (χ1v) is 8.84. The molecule has 1 aliphatic rings. The fourth-order valence-corrected chi connectivity index (χ4v) is 3.52. The number of alkyl halides is 3. The zero-order valence-corrected chi connectivity index (χ0v) is 15.0. The topological polar surface area (TPSA) is 77.4 Å². The van der Waals surface area contributed by atoms with Crippen LogP contribution in [0, 0.1) is 11.3 Å². The number of aryl methyl sites for hydroxylation is 1. The van der Waals surface area contributed by atoms with Gasteiger partial charge in [-0.1, -0.05) is 13.0 Å². The highest BCUT2D eigenvalue weighted by Gasteiger charge is 2.31. The van der Waals surface area contributed by atoms with Crippen LogP contribution < -0.4 is 5.32 Å². The number of nitriles is 1. The van der Waals surface area contributed by atoms with E-state index in [0.717, 1.165) is 42.0 Å². The monoisotopic (exact) mass is 383 g/mol. The summed E-state index contributed by atoms with van der Waals surface area (Å²) in [7, 11) is 0. The normalized spacial score (nSPS) is 13.1. The number of aromatic nitrogens is 3. The van der Waals surface area contributed by atoms with Gasteiger partial charge in [0.05, 0.1) is 28.2 Å². The third-order valence-electron chi connectivity index (χ3n) is 4.89. The summed E-state index contributed by atoms with van der Waals surface area (Å²) in [5.74, 6) is 0.743. The summed E-state index contributed by atoms with van der Waals surface area (Å²) in [6.07, 6.45) is -1.74. The third kappa shape index (κ3) is 2.99. The molecular weight excluding hydrogens is 367 g/mol. The second kappa shape index (κ2) is 6.68. The molecule has 0 unspecified atom stereocenters. The SMILES string of the molecule is CCc1ccc(C(F)(F)F)cc1-c1[nH]c(-c2ncnc3c2CCN3)cc1C#N. The van der Waals surface area contributed by atoms with Crippen LogP contribution in [0.2, 0.25) is 0 Å². The van der Waals surface area contributed by atoms with Crippen molar-refractivity contribution in [3.05, 3.63) is 52.8 Å². The standard InChI is InChI=1S/C20H16F3N5/c1-2-11-3-4-13(20(21,22)23)8-15(11)17-12(9-24)7-16(28-17)18-14-5-6-25-19(14)27-10-26-18/h3-4,7-8,10,28H,2,5-6H2,1H3,(H,25,26,27). The first kappa shape index (κ1) is 18.0. The van der Waals surface area contributed by atoms with E-state index in [9.17, 15) is 18.4 Å². The lowest BCUT2D eigenvalue weighted by Gasteiger charge is -2.12. The average molecular weight is 383 g/mol. The van der Waals surface area contributed by atoms with Crippen LogP contribution in [0.15, 0.2) is 30.6 Å². The lowest BCUT2D eigenvalue weighted by Crippen LogP contribution is -2.06. The second-order valence-corrected chi connectivity index (χ2v) is 6.53. The van der Waals surface area contributed by atoms with Gasteiger partial charge in [0.1, 0.15) is 18.2 Å². The fourth-order valence-electron chi connectivity index (χ4n) is 3.52. The van der Waals surface area contributed by atoms with Crippen molar-refractivity contribution in [1.82, 2.24) is 15.0 Å². The number of aromatic amines is 1. The van der Waals surface area contributed by atoms with Crippen LogP contribution in [0.4, 0.5) is 19.0 Å². The van der Waals surface area contributed by atoms with Crippen LogP contribution in [0.3, 0.4) is 0 Å². The molecule has 3 aromatic rings. The fraction of sp³-hybridized carbons (Fsp3) is 0.250. The summed E-state index contributed by atoms with van der Waals surface area (Å²) in [5, 5.41) is 12.8. The molecule has 2 aromatic heterocycles. The number of nitrogens with zero attached hydrogens (tertiary/aromatic N) is 3. The number of benzene rings is 1. The van der Waals surface area contributed by atoms with E-state index in [1.54, 1.807) is 6.07 Å². The maximum Gasteiger partial charge on any atom is 0.416 e. The number of hydrogen-bond donors (Lipinski definition) is 2. The Labute approximate surface area is 159 Å². The summed E-state index contributed by atoms with van der Waals surface area (Å²) in [5.41, 5.74) is 3.19. The molecule has 0 saturated heterocycles. The van der Waals surface area contributed by atoms with Crippen LogP contribution >= 0.6 is 0 Å². The molecule has 142 valence electrons. The molecule has 0 atom stereocenters. The Morgan fingerprint density at radius 3 is 2.75 bits per heavy atom. The van der Waals surface area contributed by atoms with E-state index in [1.807, 2.05) is 6.92 Å². The summed E-state index contributed by atoms with van der Waals surface area (Å²) >= 11 is 0. The number of halogens is 3. The Bertz CT molecular complexity index is 1090. The number of nitrogens with one attached hydrogen (secondary N) is 2. The molecule has 1 aliphatic heterocycles. The van der Waals surface area contributed by atoms with Gasteiger partial charge in [0.2, 0.25) is 0 Å². The maximum absolute atomic E-state index is 13.2. The van der Waals surface area contributed by atoms with Crippen molar-refractivity contribution in [2.24, 2.45) is 0 Å². The highest BCUT2D eigenvalue weighted by Crippen LogP contribution is 2.37. The van der Waals surface area contributed by atoms with Gasteiger partial charge in [-0.2, -0.15) is 18.4 Å². The minimum Gasteiger partial charge on any atom is -0.369 e.